The van der Waals surface area contributed by atoms with Gasteiger partial charge in [-0.3, -0.25) is 10.2 Å². The molecule has 0 aliphatic rings. The average Bonchev–Trinajstić information content (AvgIpc) is 2.60. The zero-order valence-electron chi connectivity index (χ0n) is 13.8. The maximum Gasteiger partial charge on any atom is 0.438 e. The van der Waals surface area contributed by atoms with Crippen LogP contribution in [0.5, 0.6) is 0 Å². The summed E-state index contributed by atoms with van der Waals surface area (Å²) in [6.07, 6.45) is 5.12. The Balaban J connectivity index is 2.52. The van der Waals surface area contributed by atoms with Gasteiger partial charge in [0.25, 0.3) is 0 Å². The fourth-order valence-electron chi connectivity index (χ4n) is 2.21. The van der Waals surface area contributed by atoms with Gasteiger partial charge in [-0.05, 0) is 37.1 Å². The van der Waals surface area contributed by atoms with E-state index in [-0.39, 0.29) is 5.69 Å². The molecule has 0 atom stereocenters. The molecule has 1 aromatic heterocycles. The molecule has 0 aliphatic carbocycles. The number of anilines is 1. The van der Waals surface area contributed by atoms with Gasteiger partial charge in [-0.25, -0.2) is 9.18 Å². The summed E-state index contributed by atoms with van der Waals surface area (Å²) in [4.78, 5) is 15.6. The fourth-order valence-corrected chi connectivity index (χ4v) is 2.21. The standard InChI is InChI=1S/C18H19FN2O3/c1-4-5-6-13-7-8-17(19)16(9-13)15-10-14(11-20-12(15)2)21(23)18(22)24-3/h5-11,23H,4H2,1-3H3/b6-5+. The lowest BCUT2D eigenvalue weighted by atomic mass is 10.0. The SMILES string of the molecule is CC/C=C/c1ccc(F)c(-c2cc(N(O)C(=O)OC)cnc2C)c1. The minimum atomic E-state index is -0.952. The first-order valence-corrected chi connectivity index (χ1v) is 7.48. The smallest absolute Gasteiger partial charge is 0.438 e. The molecule has 2 aromatic rings. The zero-order valence-corrected chi connectivity index (χ0v) is 13.8. The first kappa shape index (κ1) is 17.6. The number of rotatable bonds is 4. The van der Waals surface area contributed by atoms with E-state index in [1.165, 1.54) is 18.3 Å². The summed E-state index contributed by atoms with van der Waals surface area (Å²) in [5.41, 5.74) is 2.36. The molecule has 1 N–H and O–H groups in total. The Kier molecular flexibility index (Phi) is 5.65. The van der Waals surface area contributed by atoms with Crippen LogP contribution in [0.2, 0.25) is 0 Å². The highest BCUT2D eigenvalue weighted by Crippen LogP contribution is 2.29. The highest BCUT2D eigenvalue weighted by molar-refractivity contribution is 5.86. The lowest BCUT2D eigenvalue weighted by Crippen LogP contribution is -2.26. The molecule has 126 valence electrons. The number of hydrogen-bond acceptors (Lipinski definition) is 4. The number of benzene rings is 1. The van der Waals surface area contributed by atoms with E-state index >= 15 is 0 Å². The van der Waals surface area contributed by atoms with Crippen LogP contribution >= 0.6 is 0 Å². The monoisotopic (exact) mass is 330 g/mol. The number of methoxy groups -OCH3 is 1. The van der Waals surface area contributed by atoms with E-state index < -0.39 is 11.9 Å². The minimum Gasteiger partial charge on any atom is -0.451 e. The van der Waals surface area contributed by atoms with Crippen molar-refractivity contribution in [2.75, 3.05) is 12.2 Å². The van der Waals surface area contributed by atoms with Crippen molar-refractivity contribution in [2.24, 2.45) is 0 Å². The summed E-state index contributed by atoms with van der Waals surface area (Å²) in [5, 5.41) is 10.1. The van der Waals surface area contributed by atoms with Gasteiger partial charge >= 0.3 is 6.09 Å². The molecule has 0 radical (unpaired) electrons. The molecule has 0 aliphatic heterocycles. The number of aryl methyl sites for hydroxylation is 1. The molecule has 1 aromatic carbocycles. The van der Waals surface area contributed by atoms with Crippen LogP contribution in [0, 0.1) is 12.7 Å². The summed E-state index contributed by atoms with van der Waals surface area (Å²) in [5.74, 6) is -0.409. The van der Waals surface area contributed by atoms with Crippen molar-refractivity contribution in [1.29, 1.82) is 0 Å². The molecule has 6 heteroatoms. The molecule has 2 rings (SSSR count). The number of pyridine rings is 1. The number of halogens is 1. The Morgan fingerprint density at radius 2 is 2.12 bits per heavy atom. The number of aromatic nitrogens is 1. The number of ether oxygens (including phenoxy) is 1. The van der Waals surface area contributed by atoms with Crippen molar-refractivity contribution in [1.82, 2.24) is 4.98 Å². The molecule has 5 nitrogen and oxygen atoms in total. The highest BCUT2D eigenvalue weighted by atomic mass is 19.1. The molecule has 1 amide bonds. The highest BCUT2D eigenvalue weighted by Gasteiger charge is 2.17. The molecular formula is C18H19FN2O3. The summed E-state index contributed by atoms with van der Waals surface area (Å²) in [7, 11) is 1.15. The second-order valence-electron chi connectivity index (χ2n) is 5.16. The Labute approximate surface area is 140 Å². The quantitative estimate of drug-likeness (QED) is 0.658. The number of allylic oxidation sites excluding steroid dienone is 1. The number of carbonyl (C=O) groups is 1. The van der Waals surface area contributed by atoms with Gasteiger partial charge in [-0.15, -0.1) is 0 Å². The van der Waals surface area contributed by atoms with Crippen LogP contribution in [0.25, 0.3) is 17.2 Å². The van der Waals surface area contributed by atoms with E-state index in [9.17, 15) is 14.4 Å². The van der Waals surface area contributed by atoms with Crippen LogP contribution in [0.15, 0.2) is 36.5 Å². The van der Waals surface area contributed by atoms with Crippen molar-refractivity contribution in [3.8, 4) is 11.1 Å². The van der Waals surface area contributed by atoms with Gasteiger partial charge in [-0.2, -0.15) is 5.06 Å². The minimum absolute atomic E-state index is 0.0938. The van der Waals surface area contributed by atoms with Crippen LogP contribution in [0.3, 0.4) is 0 Å². The van der Waals surface area contributed by atoms with Crippen LogP contribution in [0.4, 0.5) is 14.9 Å². The normalized spacial score (nSPS) is 10.9. The van der Waals surface area contributed by atoms with Gasteiger partial charge in [0.1, 0.15) is 5.82 Å². The topological polar surface area (TPSA) is 62.7 Å². The molecule has 24 heavy (non-hydrogen) atoms. The Morgan fingerprint density at radius 1 is 1.38 bits per heavy atom. The van der Waals surface area contributed by atoms with Gasteiger partial charge in [0, 0.05) is 16.8 Å². The summed E-state index contributed by atoms with van der Waals surface area (Å²) < 4.78 is 18.8. The number of nitrogens with zero attached hydrogens (tertiary/aromatic N) is 2. The Morgan fingerprint density at radius 3 is 2.79 bits per heavy atom. The van der Waals surface area contributed by atoms with Crippen molar-refractivity contribution < 1.29 is 19.1 Å². The Hall–Kier alpha value is -2.73. The van der Waals surface area contributed by atoms with Crippen LogP contribution < -0.4 is 5.06 Å². The molecule has 0 spiro atoms. The lowest BCUT2D eigenvalue weighted by Gasteiger charge is -2.15. The molecule has 0 bridgehead atoms. The number of hydrogen-bond donors (Lipinski definition) is 1. The van der Waals surface area contributed by atoms with E-state index in [2.05, 4.69) is 9.72 Å². The van der Waals surface area contributed by atoms with Crippen LogP contribution in [0.1, 0.15) is 24.6 Å². The first-order valence-electron chi connectivity index (χ1n) is 7.48. The summed E-state index contributed by atoms with van der Waals surface area (Å²) in [6.45, 7) is 3.74. The lowest BCUT2D eigenvalue weighted by molar-refractivity contribution is 0.141. The van der Waals surface area contributed by atoms with Gasteiger partial charge in [0.15, 0.2) is 0 Å². The predicted molar refractivity (Wildman–Crippen MR) is 90.4 cm³/mol. The van der Waals surface area contributed by atoms with Crippen LogP contribution in [-0.2, 0) is 4.74 Å². The fraction of sp³-hybridized carbons (Fsp3) is 0.222. The van der Waals surface area contributed by atoms with E-state index in [0.717, 1.165) is 19.1 Å². The third kappa shape index (κ3) is 3.78. The van der Waals surface area contributed by atoms with Crippen molar-refractivity contribution >= 4 is 17.9 Å². The van der Waals surface area contributed by atoms with E-state index in [1.807, 2.05) is 19.1 Å². The number of amides is 1. The third-order valence-electron chi connectivity index (χ3n) is 3.49. The summed E-state index contributed by atoms with van der Waals surface area (Å²) >= 11 is 0. The van der Waals surface area contributed by atoms with E-state index in [4.69, 9.17) is 0 Å². The third-order valence-corrected chi connectivity index (χ3v) is 3.49. The second kappa shape index (κ2) is 7.70. The number of carbonyl (C=O) groups excluding carboxylic acids is 1. The molecule has 0 unspecified atom stereocenters. The van der Waals surface area contributed by atoms with Gasteiger partial charge in [0.2, 0.25) is 0 Å². The Bertz CT molecular complexity index is 775. The maximum absolute atomic E-state index is 14.3. The van der Waals surface area contributed by atoms with Gasteiger partial charge in [-0.1, -0.05) is 25.1 Å². The zero-order chi connectivity index (χ0) is 17.7. The predicted octanol–water partition coefficient (Wildman–Crippen LogP) is 4.58. The van der Waals surface area contributed by atoms with Crippen molar-refractivity contribution in [2.45, 2.75) is 20.3 Å². The maximum atomic E-state index is 14.3. The van der Waals surface area contributed by atoms with Crippen LogP contribution in [-0.4, -0.2) is 23.4 Å². The first-order chi connectivity index (χ1) is 11.5. The second-order valence-corrected chi connectivity index (χ2v) is 5.16. The molecule has 1 heterocycles. The number of hydroxylamine groups is 1. The molecule has 0 fully saturated rings. The summed E-state index contributed by atoms with van der Waals surface area (Å²) in [6, 6.07) is 6.26. The average molecular weight is 330 g/mol. The van der Waals surface area contributed by atoms with E-state index in [0.29, 0.717) is 21.9 Å². The largest absolute Gasteiger partial charge is 0.451 e. The molecule has 0 saturated heterocycles. The molecule has 0 saturated carbocycles. The van der Waals surface area contributed by atoms with Gasteiger partial charge in [0.05, 0.1) is 19.0 Å². The van der Waals surface area contributed by atoms with Crippen molar-refractivity contribution in [3.05, 3.63) is 53.6 Å². The van der Waals surface area contributed by atoms with Gasteiger partial charge < -0.3 is 4.74 Å². The van der Waals surface area contributed by atoms with E-state index in [1.54, 1.807) is 19.1 Å². The molecular weight excluding hydrogens is 311 g/mol. The van der Waals surface area contributed by atoms with Crippen molar-refractivity contribution in [3.63, 3.8) is 0 Å².